The maximum atomic E-state index is 8.78. The minimum atomic E-state index is 0.123. The Hall–Kier alpha value is -1.20. The summed E-state index contributed by atoms with van der Waals surface area (Å²) in [6.07, 6.45) is 3.55. The van der Waals surface area contributed by atoms with Crippen LogP contribution in [-0.2, 0) is 19.4 Å². The lowest BCUT2D eigenvalue weighted by Crippen LogP contribution is -1.98. The predicted octanol–water partition coefficient (Wildman–Crippen LogP) is 1.49. The molecule has 0 radical (unpaired) electrons. The van der Waals surface area contributed by atoms with Gasteiger partial charge in [-0.1, -0.05) is 12.1 Å². The van der Waals surface area contributed by atoms with Crippen molar-refractivity contribution in [2.45, 2.75) is 26.3 Å². The number of aliphatic hydroxyl groups excluding tert-OH is 1. The van der Waals surface area contributed by atoms with Crippen molar-refractivity contribution in [1.82, 2.24) is 15.0 Å². The molecule has 0 aliphatic heterocycles. The van der Waals surface area contributed by atoms with Gasteiger partial charge in [-0.25, -0.2) is 4.68 Å². The van der Waals surface area contributed by atoms with Crippen LogP contribution in [-0.4, -0.2) is 26.7 Å². The average Bonchev–Trinajstić information content (AvgIpc) is 2.89. The molecule has 0 aliphatic rings. The Morgan fingerprint density at radius 3 is 2.88 bits per heavy atom. The quantitative estimate of drug-likeness (QED) is 0.857. The minimum absolute atomic E-state index is 0.123. The molecule has 0 aliphatic carbocycles. The Morgan fingerprint density at radius 1 is 1.38 bits per heavy atom. The Bertz CT molecular complexity index is 450. The Labute approximate surface area is 98.5 Å². The summed E-state index contributed by atoms with van der Waals surface area (Å²) in [6, 6.07) is 4.29. The van der Waals surface area contributed by atoms with Crippen LogP contribution in [0.2, 0.25) is 0 Å². The largest absolute Gasteiger partial charge is 0.396 e. The molecule has 0 bridgehead atoms. The van der Waals surface area contributed by atoms with Crippen LogP contribution >= 0.6 is 11.3 Å². The molecule has 0 fully saturated rings. The zero-order chi connectivity index (χ0) is 11.4. The first-order chi connectivity index (χ1) is 7.81. The second-order valence-corrected chi connectivity index (χ2v) is 4.86. The van der Waals surface area contributed by atoms with E-state index in [1.165, 1.54) is 9.75 Å². The summed E-state index contributed by atoms with van der Waals surface area (Å²) in [4.78, 5) is 2.68. The number of aliphatic hydroxyl groups is 1. The highest BCUT2D eigenvalue weighted by atomic mass is 32.1. The summed E-state index contributed by atoms with van der Waals surface area (Å²) >= 11 is 1.81. The predicted molar refractivity (Wildman–Crippen MR) is 63.6 cm³/mol. The molecule has 0 saturated heterocycles. The molecular formula is C11H15N3OS. The van der Waals surface area contributed by atoms with Gasteiger partial charge in [0.2, 0.25) is 0 Å². The molecule has 16 heavy (non-hydrogen) atoms. The Kier molecular flexibility index (Phi) is 3.69. The van der Waals surface area contributed by atoms with E-state index in [2.05, 4.69) is 29.4 Å². The van der Waals surface area contributed by atoms with Crippen molar-refractivity contribution in [3.63, 3.8) is 0 Å². The second-order valence-electron chi connectivity index (χ2n) is 3.60. The lowest BCUT2D eigenvalue weighted by molar-refractivity contribution is 0.298. The van der Waals surface area contributed by atoms with Crippen molar-refractivity contribution in [3.8, 4) is 0 Å². The zero-order valence-electron chi connectivity index (χ0n) is 9.26. The van der Waals surface area contributed by atoms with Crippen LogP contribution in [0.1, 0.15) is 22.4 Å². The van der Waals surface area contributed by atoms with Gasteiger partial charge in [0, 0.05) is 29.0 Å². The van der Waals surface area contributed by atoms with Crippen molar-refractivity contribution in [3.05, 3.63) is 33.8 Å². The molecule has 0 unspecified atom stereocenters. The van der Waals surface area contributed by atoms with Crippen LogP contribution in [0.5, 0.6) is 0 Å². The van der Waals surface area contributed by atoms with Crippen LogP contribution in [0.15, 0.2) is 18.3 Å². The molecule has 4 nitrogen and oxygen atoms in total. The molecular weight excluding hydrogens is 222 g/mol. The van der Waals surface area contributed by atoms with Gasteiger partial charge in [0.15, 0.2) is 0 Å². The highest BCUT2D eigenvalue weighted by Crippen LogP contribution is 2.17. The first-order valence-electron chi connectivity index (χ1n) is 5.39. The maximum Gasteiger partial charge on any atom is 0.0850 e. The fourth-order valence-corrected chi connectivity index (χ4v) is 2.45. The molecule has 86 valence electrons. The minimum Gasteiger partial charge on any atom is -0.396 e. The molecule has 2 aromatic heterocycles. The van der Waals surface area contributed by atoms with Crippen LogP contribution in [0.3, 0.4) is 0 Å². The van der Waals surface area contributed by atoms with E-state index in [0.717, 1.165) is 18.7 Å². The smallest absolute Gasteiger partial charge is 0.0850 e. The fourth-order valence-electron chi connectivity index (χ4n) is 1.50. The first kappa shape index (κ1) is 11.3. The summed E-state index contributed by atoms with van der Waals surface area (Å²) in [7, 11) is 0. The lowest BCUT2D eigenvalue weighted by atomic mass is 10.3. The third kappa shape index (κ3) is 2.68. The van der Waals surface area contributed by atoms with Gasteiger partial charge in [0.05, 0.1) is 12.2 Å². The van der Waals surface area contributed by atoms with Crippen LogP contribution < -0.4 is 0 Å². The molecule has 0 spiro atoms. The summed E-state index contributed by atoms with van der Waals surface area (Å²) in [5.41, 5.74) is 0.842. The molecule has 2 heterocycles. The van der Waals surface area contributed by atoms with Gasteiger partial charge >= 0.3 is 0 Å². The van der Waals surface area contributed by atoms with Gasteiger partial charge in [0.1, 0.15) is 0 Å². The Morgan fingerprint density at radius 2 is 2.19 bits per heavy atom. The average molecular weight is 237 g/mol. The number of hydrogen-bond donors (Lipinski definition) is 1. The first-order valence-corrected chi connectivity index (χ1v) is 6.21. The second kappa shape index (κ2) is 5.23. The van der Waals surface area contributed by atoms with E-state index in [-0.39, 0.29) is 6.61 Å². The molecule has 5 heteroatoms. The van der Waals surface area contributed by atoms with Crippen molar-refractivity contribution in [1.29, 1.82) is 0 Å². The molecule has 0 amide bonds. The molecule has 0 atom stereocenters. The molecule has 2 aromatic rings. The van der Waals surface area contributed by atoms with E-state index in [4.69, 9.17) is 5.11 Å². The number of rotatable bonds is 5. The van der Waals surface area contributed by atoms with Gasteiger partial charge < -0.3 is 5.11 Å². The number of hydrogen-bond acceptors (Lipinski definition) is 4. The maximum absolute atomic E-state index is 8.78. The third-order valence-electron chi connectivity index (χ3n) is 2.34. The molecule has 2 rings (SSSR count). The van der Waals surface area contributed by atoms with Gasteiger partial charge in [-0.15, -0.1) is 16.4 Å². The van der Waals surface area contributed by atoms with Gasteiger partial charge in [-0.05, 0) is 18.6 Å². The highest BCUT2D eigenvalue weighted by molar-refractivity contribution is 7.11. The zero-order valence-corrected chi connectivity index (χ0v) is 10.1. The number of aromatic nitrogens is 3. The van der Waals surface area contributed by atoms with Crippen molar-refractivity contribution in [2.24, 2.45) is 0 Å². The van der Waals surface area contributed by atoms with Crippen molar-refractivity contribution >= 4 is 11.3 Å². The standard InChI is InChI=1S/C11H15N3OS/c1-2-10-3-4-11(16-10)8-14-7-9(5-6-15)12-13-14/h3-4,7,15H,2,5-6,8H2,1H3. The Balaban J connectivity index is 2.02. The van der Waals surface area contributed by atoms with E-state index in [1.807, 2.05) is 22.2 Å². The van der Waals surface area contributed by atoms with E-state index in [9.17, 15) is 0 Å². The third-order valence-corrected chi connectivity index (χ3v) is 3.55. The normalized spacial score (nSPS) is 10.9. The molecule has 0 aromatic carbocycles. The van der Waals surface area contributed by atoms with Gasteiger partial charge in [-0.3, -0.25) is 0 Å². The molecule has 1 N–H and O–H groups in total. The number of thiophene rings is 1. The van der Waals surface area contributed by atoms with Crippen molar-refractivity contribution in [2.75, 3.05) is 6.61 Å². The lowest BCUT2D eigenvalue weighted by Gasteiger charge is -1.95. The van der Waals surface area contributed by atoms with Crippen LogP contribution in [0.4, 0.5) is 0 Å². The van der Waals surface area contributed by atoms with Crippen molar-refractivity contribution < 1.29 is 5.11 Å². The van der Waals surface area contributed by atoms with E-state index >= 15 is 0 Å². The van der Waals surface area contributed by atoms with Crippen LogP contribution in [0, 0.1) is 0 Å². The van der Waals surface area contributed by atoms with Gasteiger partial charge in [0.25, 0.3) is 0 Å². The van der Waals surface area contributed by atoms with E-state index in [1.54, 1.807) is 0 Å². The van der Waals surface area contributed by atoms with E-state index in [0.29, 0.717) is 6.42 Å². The topological polar surface area (TPSA) is 50.9 Å². The van der Waals surface area contributed by atoms with Crippen LogP contribution in [0.25, 0.3) is 0 Å². The van der Waals surface area contributed by atoms with Gasteiger partial charge in [-0.2, -0.15) is 0 Å². The highest BCUT2D eigenvalue weighted by Gasteiger charge is 2.03. The summed E-state index contributed by atoms with van der Waals surface area (Å²) in [5, 5.41) is 16.8. The fraction of sp³-hybridized carbons (Fsp3) is 0.455. The van der Waals surface area contributed by atoms with E-state index < -0.39 is 0 Å². The summed E-state index contributed by atoms with van der Waals surface area (Å²) in [6.45, 7) is 3.05. The number of aryl methyl sites for hydroxylation is 1. The SMILES string of the molecule is CCc1ccc(Cn2cc(CCO)nn2)s1. The number of nitrogens with zero attached hydrogens (tertiary/aromatic N) is 3. The summed E-state index contributed by atoms with van der Waals surface area (Å²) in [5.74, 6) is 0. The molecule has 0 saturated carbocycles. The summed E-state index contributed by atoms with van der Waals surface area (Å²) < 4.78 is 1.82. The monoisotopic (exact) mass is 237 g/mol.